The lowest BCUT2D eigenvalue weighted by Gasteiger charge is -2.32. The second-order valence-electron chi connectivity index (χ2n) is 26.3. The first kappa shape index (κ1) is 91.9. The average molecular weight is 1570 g/mol. The number of rotatable bonds is 44. The number of thioether (sulfide) groups is 1. The van der Waals surface area contributed by atoms with Gasteiger partial charge in [0.15, 0.2) is 5.96 Å². The first-order valence-electron chi connectivity index (χ1n) is 34.5. The number of carboxylic acid groups (broad SMARTS) is 3. The van der Waals surface area contributed by atoms with E-state index in [2.05, 4.69) is 94.7 Å². The van der Waals surface area contributed by atoms with Crippen LogP contribution in [0.5, 0.6) is 0 Å². The molecule has 0 saturated carbocycles. The van der Waals surface area contributed by atoms with Crippen LogP contribution >= 0.6 is 33.3 Å². The van der Waals surface area contributed by atoms with E-state index in [1.54, 1.807) is 44.2 Å². The summed E-state index contributed by atoms with van der Waals surface area (Å²) in [6.45, 7) is 12.0. The summed E-state index contributed by atoms with van der Waals surface area (Å²) in [5.74, 6) is -16.7. The van der Waals surface area contributed by atoms with Crippen molar-refractivity contribution in [2.45, 2.75) is 177 Å². The molecule has 2 saturated heterocycles. The maximum absolute atomic E-state index is 14.1. The minimum Gasteiger partial charge on any atom is -0.481 e. The third-order valence-electron chi connectivity index (χ3n) is 17.0. The summed E-state index contributed by atoms with van der Waals surface area (Å²) >= 11 is 0.812. The van der Waals surface area contributed by atoms with Crippen molar-refractivity contribution in [3.05, 3.63) is 45.7 Å². The first-order valence-corrected chi connectivity index (χ1v) is 38.1. The standard InChI is InChI=1S/C64H102N20O20S3/c1-36(82-103)63(3,4)72-22-25-84(26-23-73-64(5,6)37(2)83-104)24-21-68-48(86)18-17-47(85)67-19-11-10-15-40-56(97)78-43(29-52(91)92)59(100)79-44(32-105-35-50(88)74-40)60(101)76-39(16-12-20-69-62(65)66)54(95)70-30-49(87)75-42(28-51(89)90)58(99)81-46-34-107-106-33-45(55(96)71-31-53(93)94)80-57(98)41(77-61(46)102)27-38-13-8-7-9-14-38/h7-9,13-14,36-37,39-46,72-73H,10-12,15-35H2,1-6H3,(H,67,85)(H,68,86)(H,70,95)(H,71,96)(H,74,88)(H,75,87)(H,76,101)(H,77,102)(H,78,97)(H,79,100)(H,80,98)(H,81,99)(H,89,90)(H,91,92)(H,93,94)(H4,65,66,69)/t36?,37?,39-,40?,41-,42-,43-,44-,45-,46-/m0/s1. The smallest absolute Gasteiger partial charge is 0.322 e. The van der Waals surface area contributed by atoms with E-state index in [1.165, 1.54) is 0 Å². The molecular weight excluding hydrogens is 1470 g/mol. The molecule has 107 heavy (non-hydrogen) atoms. The van der Waals surface area contributed by atoms with Gasteiger partial charge in [-0.05, 0) is 79.2 Å². The van der Waals surface area contributed by atoms with E-state index in [0.717, 1.165) is 33.3 Å². The summed E-state index contributed by atoms with van der Waals surface area (Å²) in [4.78, 5) is 226. The zero-order valence-electron chi connectivity index (χ0n) is 60.6. The Morgan fingerprint density at radius 3 is 1.75 bits per heavy atom. The van der Waals surface area contributed by atoms with Gasteiger partial charge in [-0.15, -0.1) is 11.8 Å². The van der Waals surface area contributed by atoms with Crippen LogP contribution in [0.1, 0.15) is 105 Å². The van der Waals surface area contributed by atoms with Crippen LogP contribution in [-0.2, 0) is 78.3 Å². The topological polar surface area (TPSA) is 612 Å². The summed E-state index contributed by atoms with van der Waals surface area (Å²) in [5, 5.41) is 71.1. The van der Waals surface area contributed by atoms with Crippen molar-refractivity contribution >= 4 is 128 Å². The highest BCUT2D eigenvalue weighted by Crippen LogP contribution is 2.24. The van der Waals surface area contributed by atoms with Gasteiger partial charge < -0.3 is 101 Å². The fourth-order valence-corrected chi connectivity index (χ4v) is 13.2. The average Bonchev–Trinajstić information content (AvgIpc) is 1.76. The number of carboxylic acids is 3. The zero-order valence-corrected chi connectivity index (χ0v) is 63.0. The minimum absolute atomic E-state index is 0.00187. The maximum Gasteiger partial charge on any atom is 0.322 e. The second kappa shape index (κ2) is 48.1. The highest BCUT2D eigenvalue weighted by Gasteiger charge is 2.37. The van der Waals surface area contributed by atoms with Crippen molar-refractivity contribution in [1.29, 1.82) is 0 Å². The van der Waals surface area contributed by atoms with Gasteiger partial charge in [0.1, 0.15) is 67.0 Å². The number of guanidine groups is 1. The fraction of sp³-hybridized carbons (Fsp3) is 0.656. The van der Waals surface area contributed by atoms with Gasteiger partial charge in [0.2, 0.25) is 70.9 Å². The Labute approximate surface area is 630 Å². The normalized spacial score (nSPS) is 19.4. The number of aliphatic carboxylic acids is 3. The first-order chi connectivity index (χ1) is 50.5. The lowest BCUT2D eigenvalue weighted by molar-refractivity contribution is -0.141. The van der Waals surface area contributed by atoms with E-state index in [9.17, 15) is 91.9 Å². The summed E-state index contributed by atoms with van der Waals surface area (Å²) in [7, 11) is 1.92. The number of nitrogens with one attached hydrogen (secondary N) is 14. The van der Waals surface area contributed by atoms with E-state index in [0.29, 0.717) is 38.3 Å². The fourth-order valence-electron chi connectivity index (χ4n) is 10.0. The van der Waals surface area contributed by atoms with Gasteiger partial charge in [-0.3, -0.25) is 81.8 Å². The molecule has 3 unspecified atom stereocenters. The Kier molecular flexibility index (Phi) is 41.3. The monoisotopic (exact) mass is 1570 g/mol. The van der Waals surface area contributed by atoms with Gasteiger partial charge >= 0.3 is 17.9 Å². The third-order valence-corrected chi connectivity index (χ3v) is 20.4. The quantitative estimate of drug-likeness (QED) is 0.00957. The van der Waals surface area contributed by atoms with Crippen molar-refractivity contribution in [2.24, 2.45) is 26.8 Å². The Bertz CT molecular complexity index is 3230. The number of amides is 12. The number of hydrogen-bond donors (Lipinski definition) is 19. The molecule has 2 heterocycles. The van der Waals surface area contributed by atoms with Gasteiger partial charge in [-0.25, -0.2) is 0 Å². The van der Waals surface area contributed by atoms with Gasteiger partial charge in [0.25, 0.3) is 0 Å². The molecule has 596 valence electrons. The second-order valence-corrected chi connectivity index (χ2v) is 29.8. The molecule has 12 amide bonds. The molecule has 0 radical (unpaired) electrons. The van der Waals surface area contributed by atoms with Gasteiger partial charge in [-0.1, -0.05) is 62.3 Å². The third kappa shape index (κ3) is 36.7. The minimum atomic E-state index is -1.91. The van der Waals surface area contributed by atoms with Crippen LogP contribution in [0.3, 0.4) is 0 Å². The highest BCUT2D eigenvalue weighted by molar-refractivity contribution is 8.76. The van der Waals surface area contributed by atoms with E-state index in [1.807, 2.05) is 27.7 Å². The molecule has 40 nitrogen and oxygen atoms in total. The Hall–Kier alpha value is -9.33. The molecule has 2 aliphatic rings. The molecule has 0 aromatic heterocycles. The Balaban J connectivity index is 1.65. The number of carbonyl (C=O) groups excluding carboxylic acids is 12. The largest absolute Gasteiger partial charge is 0.481 e. The molecule has 43 heteroatoms. The van der Waals surface area contributed by atoms with Crippen LogP contribution in [0.2, 0.25) is 0 Å². The molecule has 1 aromatic carbocycles. The summed E-state index contributed by atoms with van der Waals surface area (Å²) in [6.07, 6.45) is -2.28. The van der Waals surface area contributed by atoms with Crippen LogP contribution in [0.25, 0.3) is 0 Å². The van der Waals surface area contributed by atoms with E-state index >= 15 is 0 Å². The molecule has 2 aliphatic heterocycles. The molecule has 0 bridgehead atoms. The molecule has 10 atom stereocenters. The van der Waals surface area contributed by atoms with Crippen molar-refractivity contribution in [3.63, 3.8) is 0 Å². The molecule has 2 fully saturated rings. The van der Waals surface area contributed by atoms with Crippen LogP contribution < -0.4 is 85.9 Å². The number of aliphatic imine (C=N–C) groups is 1. The van der Waals surface area contributed by atoms with Crippen LogP contribution in [0.15, 0.2) is 45.7 Å². The number of carbonyl (C=O) groups is 15. The Morgan fingerprint density at radius 1 is 0.589 bits per heavy atom. The number of unbranched alkanes of at least 4 members (excludes halogenated alkanes) is 1. The van der Waals surface area contributed by atoms with E-state index in [-0.39, 0.29) is 100 Å². The number of nitrogens with zero attached hydrogens (tertiary/aromatic N) is 4. The van der Waals surface area contributed by atoms with Crippen molar-refractivity contribution in [2.75, 3.05) is 88.5 Å². The number of nitroso groups, excluding NO2 is 2. The maximum atomic E-state index is 14.1. The SMILES string of the molecule is CC(N=O)C(C)(C)NCCN(CCNC(=O)CCC(=O)NCCCCC1NC(=O)CSC[C@@H](C(=O)N[C@@H](CCCN=C(N)N)C(=O)NCC(=O)N[C@@H](CC(=O)O)C(=O)N[C@H]2CSSC[C@@H](C(=O)NCC(=O)O)NC(=O)[C@H](Cc3ccccc3)NC2=O)NC(=O)[C@H](CC(=O)O)NC1=O)CCNC(C)(C)C(C)N=O. The number of benzene rings is 1. The highest BCUT2D eigenvalue weighted by atomic mass is 33.1. The molecule has 0 spiro atoms. The number of nitrogens with two attached hydrogens (primary N) is 2. The lowest BCUT2D eigenvalue weighted by Crippen LogP contribution is -2.60. The van der Waals surface area contributed by atoms with E-state index < -0.39 is 186 Å². The van der Waals surface area contributed by atoms with Crippen LogP contribution in [-0.4, -0.2) is 275 Å². The predicted octanol–water partition coefficient (Wildman–Crippen LogP) is -4.90. The predicted molar refractivity (Wildman–Crippen MR) is 396 cm³/mol. The molecule has 0 aliphatic carbocycles. The summed E-state index contributed by atoms with van der Waals surface area (Å²) < 4.78 is 0. The van der Waals surface area contributed by atoms with Crippen molar-refractivity contribution in [3.8, 4) is 0 Å². The summed E-state index contributed by atoms with van der Waals surface area (Å²) in [5.41, 5.74) is 10.4. The molecule has 1 aromatic rings. The van der Waals surface area contributed by atoms with Crippen molar-refractivity contribution in [1.82, 2.24) is 79.3 Å². The van der Waals surface area contributed by atoms with Crippen molar-refractivity contribution < 1.29 is 87.2 Å². The summed E-state index contributed by atoms with van der Waals surface area (Å²) in [6, 6.07) is -5.05. The Morgan fingerprint density at radius 2 is 1.16 bits per heavy atom. The van der Waals surface area contributed by atoms with Gasteiger partial charge in [0, 0.05) is 100.0 Å². The van der Waals surface area contributed by atoms with E-state index in [4.69, 9.17) is 16.6 Å². The lowest BCUT2D eigenvalue weighted by atomic mass is 9.97. The van der Waals surface area contributed by atoms with Crippen LogP contribution in [0.4, 0.5) is 0 Å². The molecule has 3 rings (SSSR count). The van der Waals surface area contributed by atoms with Crippen LogP contribution in [0, 0.1) is 9.81 Å². The van der Waals surface area contributed by atoms with Gasteiger partial charge in [0.05, 0.1) is 25.1 Å². The molecule has 21 N–H and O–H groups in total. The molecular formula is C64H102N20O20S3. The zero-order chi connectivity index (χ0) is 79.8. The number of hydrogen-bond acceptors (Lipinski definition) is 26. The van der Waals surface area contributed by atoms with Gasteiger partial charge in [-0.2, -0.15) is 9.81 Å².